The van der Waals surface area contributed by atoms with Gasteiger partial charge >= 0.3 is 0 Å². The average molecular weight is 389 g/mol. The predicted molar refractivity (Wildman–Crippen MR) is 85.7 cm³/mol. The number of hydrogen-bond acceptors (Lipinski definition) is 0. The second kappa shape index (κ2) is 6.23. The number of halogens is 3. The Kier molecular flexibility index (Phi) is 4.88. The number of rotatable bonds is 3. The number of aryl methyl sites for hydroxylation is 1. The molecule has 0 nitrogen and oxygen atoms in total. The molecule has 0 aliphatic heterocycles. The first-order chi connectivity index (χ1) is 8.58. The number of alkyl halides is 1. The molecule has 1 atom stereocenters. The molecule has 0 amide bonds. The van der Waals surface area contributed by atoms with Gasteiger partial charge in [-0.05, 0) is 42.2 Å². The van der Waals surface area contributed by atoms with Gasteiger partial charge in [-0.1, -0.05) is 73.8 Å². The van der Waals surface area contributed by atoms with Gasteiger partial charge in [0.2, 0.25) is 0 Å². The average Bonchev–Trinajstić information content (AvgIpc) is 2.35. The Morgan fingerprint density at radius 3 is 2.44 bits per heavy atom. The summed E-state index contributed by atoms with van der Waals surface area (Å²) in [6.07, 6.45) is 0.927. The lowest BCUT2D eigenvalue weighted by atomic mass is 10.0. The van der Waals surface area contributed by atoms with E-state index < -0.39 is 0 Å². The molecule has 0 aromatic heterocycles. The zero-order valence-electron chi connectivity index (χ0n) is 9.96. The second-order valence-electron chi connectivity index (χ2n) is 4.28. The highest BCUT2D eigenvalue weighted by molar-refractivity contribution is 9.10. The van der Waals surface area contributed by atoms with Crippen LogP contribution < -0.4 is 0 Å². The van der Waals surface area contributed by atoms with E-state index in [1.807, 2.05) is 19.1 Å². The first-order valence-electron chi connectivity index (χ1n) is 5.71. The monoisotopic (exact) mass is 386 g/mol. The van der Waals surface area contributed by atoms with Crippen molar-refractivity contribution in [2.75, 3.05) is 0 Å². The van der Waals surface area contributed by atoms with Crippen molar-refractivity contribution in [1.82, 2.24) is 0 Å². The van der Waals surface area contributed by atoms with E-state index >= 15 is 0 Å². The van der Waals surface area contributed by atoms with Crippen LogP contribution in [0, 0.1) is 6.92 Å². The Bertz CT molecular complexity index is 535. The molecular weight excluding hydrogens is 375 g/mol. The Hall–Kier alpha value is -0.310. The molecule has 0 saturated carbocycles. The molecule has 2 aromatic carbocycles. The molecule has 0 aliphatic carbocycles. The lowest BCUT2D eigenvalue weighted by Crippen LogP contribution is -1.97. The summed E-state index contributed by atoms with van der Waals surface area (Å²) in [5.74, 6) is 0. The zero-order valence-corrected chi connectivity index (χ0v) is 13.9. The summed E-state index contributed by atoms with van der Waals surface area (Å²) in [7, 11) is 0. The van der Waals surface area contributed by atoms with Crippen molar-refractivity contribution >= 4 is 43.5 Å². The molecule has 94 valence electrons. The molecule has 0 fully saturated rings. The number of hydrogen-bond donors (Lipinski definition) is 0. The largest absolute Gasteiger partial charge is 0.0837 e. The van der Waals surface area contributed by atoms with Crippen LogP contribution in [0.4, 0.5) is 0 Å². The normalized spacial score (nSPS) is 12.4. The van der Waals surface area contributed by atoms with Gasteiger partial charge in [0.15, 0.2) is 0 Å². The van der Waals surface area contributed by atoms with Crippen LogP contribution in [0.2, 0.25) is 5.02 Å². The molecule has 3 heteroatoms. The van der Waals surface area contributed by atoms with Crippen LogP contribution in [0.5, 0.6) is 0 Å². The van der Waals surface area contributed by atoms with Crippen LogP contribution in [0.15, 0.2) is 46.9 Å². The van der Waals surface area contributed by atoms with Gasteiger partial charge < -0.3 is 0 Å². The van der Waals surface area contributed by atoms with Gasteiger partial charge in [-0.3, -0.25) is 0 Å². The van der Waals surface area contributed by atoms with Gasteiger partial charge in [-0.15, -0.1) is 0 Å². The molecule has 0 saturated heterocycles. The van der Waals surface area contributed by atoms with Crippen molar-refractivity contribution in [3.8, 4) is 0 Å². The standard InChI is InChI=1S/C15H13Br2Cl/c1-10-3-2-4-13(15(10)18)14(17)9-11-5-7-12(16)8-6-11/h2-8,14H,9H2,1H3. The lowest BCUT2D eigenvalue weighted by Gasteiger charge is -2.13. The van der Waals surface area contributed by atoms with E-state index in [0.717, 1.165) is 27.0 Å². The summed E-state index contributed by atoms with van der Waals surface area (Å²) in [6.45, 7) is 2.03. The van der Waals surface area contributed by atoms with Crippen LogP contribution in [0.3, 0.4) is 0 Å². The smallest absolute Gasteiger partial charge is 0.0478 e. The first kappa shape index (κ1) is 14.1. The summed E-state index contributed by atoms with van der Waals surface area (Å²) >= 11 is 13.5. The van der Waals surface area contributed by atoms with E-state index in [2.05, 4.69) is 62.2 Å². The van der Waals surface area contributed by atoms with Gasteiger partial charge in [0, 0.05) is 14.3 Å². The highest BCUT2D eigenvalue weighted by Crippen LogP contribution is 2.34. The fourth-order valence-electron chi connectivity index (χ4n) is 1.85. The van der Waals surface area contributed by atoms with Gasteiger partial charge in [0.1, 0.15) is 0 Å². The third-order valence-electron chi connectivity index (χ3n) is 2.89. The SMILES string of the molecule is Cc1cccc(C(Br)Cc2ccc(Br)cc2)c1Cl. The van der Waals surface area contributed by atoms with E-state index in [1.54, 1.807) is 0 Å². The molecule has 1 unspecified atom stereocenters. The van der Waals surface area contributed by atoms with E-state index in [9.17, 15) is 0 Å². The molecule has 0 heterocycles. The third-order valence-corrected chi connectivity index (χ3v) is 4.75. The van der Waals surface area contributed by atoms with Crippen LogP contribution in [-0.4, -0.2) is 0 Å². The van der Waals surface area contributed by atoms with E-state index in [-0.39, 0.29) is 4.83 Å². The minimum Gasteiger partial charge on any atom is -0.0837 e. The molecule has 0 radical (unpaired) electrons. The van der Waals surface area contributed by atoms with Gasteiger partial charge in [-0.25, -0.2) is 0 Å². The molecule has 0 spiro atoms. The summed E-state index contributed by atoms with van der Waals surface area (Å²) in [6, 6.07) is 14.5. The fraction of sp³-hybridized carbons (Fsp3) is 0.200. The topological polar surface area (TPSA) is 0 Å². The van der Waals surface area contributed by atoms with Crippen LogP contribution in [-0.2, 0) is 6.42 Å². The zero-order chi connectivity index (χ0) is 13.1. The van der Waals surface area contributed by atoms with Crippen LogP contribution >= 0.6 is 43.5 Å². The minimum absolute atomic E-state index is 0.242. The fourth-order valence-corrected chi connectivity index (χ4v) is 3.26. The Labute approximate surface area is 130 Å². The predicted octanol–water partition coefficient (Wildman–Crippen LogP) is 6.09. The molecule has 0 bridgehead atoms. The Balaban J connectivity index is 2.19. The molecule has 2 aromatic rings. The second-order valence-corrected chi connectivity index (χ2v) is 6.68. The van der Waals surface area contributed by atoms with E-state index in [0.29, 0.717) is 0 Å². The van der Waals surface area contributed by atoms with Crippen molar-refractivity contribution in [3.05, 3.63) is 68.7 Å². The van der Waals surface area contributed by atoms with Crippen molar-refractivity contribution < 1.29 is 0 Å². The maximum Gasteiger partial charge on any atom is 0.0478 e. The van der Waals surface area contributed by atoms with E-state index in [4.69, 9.17) is 11.6 Å². The van der Waals surface area contributed by atoms with Gasteiger partial charge in [0.05, 0.1) is 0 Å². The van der Waals surface area contributed by atoms with Crippen molar-refractivity contribution in [2.24, 2.45) is 0 Å². The minimum atomic E-state index is 0.242. The van der Waals surface area contributed by atoms with Crippen molar-refractivity contribution in [3.63, 3.8) is 0 Å². The molecule has 2 rings (SSSR count). The molecule has 18 heavy (non-hydrogen) atoms. The Morgan fingerprint density at radius 2 is 1.78 bits per heavy atom. The summed E-state index contributed by atoms with van der Waals surface area (Å²) in [5, 5.41) is 0.858. The van der Waals surface area contributed by atoms with Crippen LogP contribution in [0.25, 0.3) is 0 Å². The highest BCUT2D eigenvalue weighted by Gasteiger charge is 2.13. The summed E-state index contributed by atoms with van der Waals surface area (Å²) in [5.41, 5.74) is 3.56. The highest BCUT2D eigenvalue weighted by atomic mass is 79.9. The molecular formula is C15H13Br2Cl. The van der Waals surface area contributed by atoms with Crippen molar-refractivity contribution in [1.29, 1.82) is 0 Å². The maximum atomic E-state index is 6.34. The van der Waals surface area contributed by atoms with E-state index in [1.165, 1.54) is 5.56 Å². The first-order valence-corrected chi connectivity index (χ1v) is 7.80. The third kappa shape index (κ3) is 3.37. The molecule has 0 aliphatic rings. The summed E-state index contributed by atoms with van der Waals surface area (Å²) in [4.78, 5) is 0.242. The molecule has 0 N–H and O–H groups in total. The van der Waals surface area contributed by atoms with Crippen molar-refractivity contribution in [2.45, 2.75) is 18.2 Å². The number of benzene rings is 2. The van der Waals surface area contributed by atoms with Gasteiger partial charge in [0.25, 0.3) is 0 Å². The van der Waals surface area contributed by atoms with Gasteiger partial charge in [-0.2, -0.15) is 0 Å². The maximum absolute atomic E-state index is 6.34. The lowest BCUT2D eigenvalue weighted by molar-refractivity contribution is 0.947. The summed E-state index contributed by atoms with van der Waals surface area (Å²) < 4.78 is 1.10. The Morgan fingerprint density at radius 1 is 1.11 bits per heavy atom. The quantitative estimate of drug-likeness (QED) is 0.558. The van der Waals surface area contributed by atoms with Crippen LogP contribution in [0.1, 0.15) is 21.5 Å².